The predicted octanol–water partition coefficient (Wildman–Crippen LogP) is 3.89. The molecule has 22 heavy (non-hydrogen) atoms. The Morgan fingerprint density at radius 1 is 1.18 bits per heavy atom. The van der Waals surface area contributed by atoms with Crippen LogP contribution in [0.4, 0.5) is 0 Å². The van der Waals surface area contributed by atoms with Gasteiger partial charge in [-0.2, -0.15) is 0 Å². The average Bonchev–Trinajstić information content (AvgIpc) is 3.04. The number of rotatable bonds is 4. The van der Waals surface area contributed by atoms with Gasteiger partial charge in [0.15, 0.2) is 0 Å². The smallest absolute Gasteiger partial charge is 0.0321 e. The van der Waals surface area contributed by atoms with Crippen molar-refractivity contribution in [3.05, 3.63) is 58.3 Å². The molecular formula is C19H26N2S. The summed E-state index contributed by atoms with van der Waals surface area (Å²) in [7, 11) is 4.47. The monoisotopic (exact) mass is 314 g/mol. The molecule has 0 aliphatic heterocycles. The zero-order chi connectivity index (χ0) is 15.6. The summed E-state index contributed by atoms with van der Waals surface area (Å²) in [5.74, 6) is 0.520. The van der Waals surface area contributed by atoms with Crippen molar-refractivity contribution in [1.82, 2.24) is 4.90 Å². The first-order valence-corrected chi connectivity index (χ1v) is 9.00. The maximum absolute atomic E-state index is 6.33. The van der Waals surface area contributed by atoms with E-state index in [4.69, 9.17) is 5.73 Å². The lowest BCUT2D eigenvalue weighted by Gasteiger charge is -2.50. The van der Waals surface area contributed by atoms with Gasteiger partial charge in [0.1, 0.15) is 0 Å². The fourth-order valence-electron chi connectivity index (χ4n) is 3.97. The maximum Gasteiger partial charge on any atom is 0.0321 e. The molecule has 1 aromatic heterocycles. The summed E-state index contributed by atoms with van der Waals surface area (Å²) >= 11 is 1.88. The molecule has 0 bridgehead atoms. The van der Waals surface area contributed by atoms with Gasteiger partial charge < -0.3 is 10.6 Å². The Morgan fingerprint density at radius 3 is 2.59 bits per heavy atom. The van der Waals surface area contributed by atoms with Crippen LogP contribution in [0.1, 0.15) is 35.6 Å². The van der Waals surface area contributed by atoms with Gasteiger partial charge in [0, 0.05) is 22.4 Å². The van der Waals surface area contributed by atoms with Crippen molar-refractivity contribution in [2.24, 2.45) is 5.73 Å². The molecule has 1 heterocycles. The second-order valence-electron chi connectivity index (χ2n) is 6.76. The first-order valence-electron chi connectivity index (χ1n) is 8.12. The fourth-order valence-corrected chi connectivity index (χ4v) is 4.93. The second kappa shape index (κ2) is 6.53. The van der Waals surface area contributed by atoms with Crippen LogP contribution in [0.2, 0.25) is 0 Å². The van der Waals surface area contributed by atoms with E-state index in [9.17, 15) is 0 Å². The number of benzene rings is 1. The summed E-state index contributed by atoms with van der Waals surface area (Å²) in [6, 6.07) is 15.7. The summed E-state index contributed by atoms with van der Waals surface area (Å²) in [4.78, 5) is 3.94. The first kappa shape index (κ1) is 15.7. The predicted molar refractivity (Wildman–Crippen MR) is 95.5 cm³/mol. The topological polar surface area (TPSA) is 29.3 Å². The molecule has 2 nitrogen and oxygen atoms in total. The van der Waals surface area contributed by atoms with Gasteiger partial charge in [-0.25, -0.2) is 0 Å². The molecule has 2 N–H and O–H groups in total. The molecule has 0 amide bonds. The molecule has 0 saturated heterocycles. The van der Waals surface area contributed by atoms with Crippen LogP contribution < -0.4 is 5.73 Å². The van der Waals surface area contributed by atoms with Crippen molar-refractivity contribution in [3.63, 3.8) is 0 Å². The van der Waals surface area contributed by atoms with E-state index in [0.29, 0.717) is 12.0 Å². The highest BCUT2D eigenvalue weighted by Crippen LogP contribution is 2.46. The Bertz CT molecular complexity index is 579. The van der Waals surface area contributed by atoms with Crippen molar-refractivity contribution in [2.75, 3.05) is 14.1 Å². The minimum absolute atomic E-state index is 0.169. The van der Waals surface area contributed by atoms with Gasteiger partial charge in [0.25, 0.3) is 0 Å². The van der Waals surface area contributed by atoms with E-state index in [1.54, 1.807) is 0 Å². The van der Waals surface area contributed by atoms with E-state index in [0.717, 1.165) is 19.3 Å². The molecule has 2 aromatic rings. The fraction of sp³-hybridized carbons (Fsp3) is 0.474. The minimum Gasteiger partial charge on any atom is -0.328 e. The van der Waals surface area contributed by atoms with E-state index in [-0.39, 0.29) is 5.54 Å². The summed E-state index contributed by atoms with van der Waals surface area (Å²) in [5.41, 5.74) is 7.92. The Kier molecular flexibility index (Phi) is 4.67. The number of hydrogen-bond acceptors (Lipinski definition) is 3. The number of likely N-dealkylation sites (N-methyl/N-ethyl adjacent to an activating group) is 1. The van der Waals surface area contributed by atoms with E-state index in [1.165, 1.54) is 16.9 Å². The van der Waals surface area contributed by atoms with E-state index < -0.39 is 0 Å². The summed E-state index contributed by atoms with van der Waals surface area (Å²) in [5, 5.41) is 2.19. The third kappa shape index (κ3) is 2.98. The van der Waals surface area contributed by atoms with Crippen LogP contribution in [0, 0.1) is 0 Å². The highest BCUT2D eigenvalue weighted by Gasteiger charge is 2.45. The molecule has 3 rings (SSSR count). The van der Waals surface area contributed by atoms with Gasteiger partial charge in [-0.05, 0) is 56.8 Å². The summed E-state index contributed by atoms with van der Waals surface area (Å²) in [6.07, 6.45) is 4.47. The van der Waals surface area contributed by atoms with Crippen LogP contribution in [0.25, 0.3) is 0 Å². The molecule has 1 fully saturated rings. The number of nitrogens with zero attached hydrogens (tertiary/aromatic N) is 1. The molecule has 0 radical (unpaired) electrons. The van der Waals surface area contributed by atoms with Crippen LogP contribution in [0.5, 0.6) is 0 Å². The third-order valence-electron chi connectivity index (χ3n) is 5.27. The number of nitrogens with two attached hydrogens (primary N) is 1. The molecule has 1 saturated carbocycles. The molecule has 3 unspecified atom stereocenters. The van der Waals surface area contributed by atoms with Gasteiger partial charge in [0.2, 0.25) is 0 Å². The second-order valence-corrected chi connectivity index (χ2v) is 7.74. The lowest BCUT2D eigenvalue weighted by atomic mass is 9.67. The van der Waals surface area contributed by atoms with Crippen LogP contribution in [-0.4, -0.2) is 30.6 Å². The van der Waals surface area contributed by atoms with Crippen molar-refractivity contribution < 1.29 is 0 Å². The molecule has 1 aliphatic rings. The Hall–Kier alpha value is -1.16. The normalized spacial score (nSPS) is 28.9. The van der Waals surface area contributed by atoms with Gasteiger partial charge in [-0.15, -0.1) is 11.3 Å². The minimum atomic E-state index is 0.169. The van der Waals surface area contributed by atoms with Crippen LogP contribution in [-0.2, 0) is 6.42 Å². The average molecular weight is 314 g/mol. The zero-order valence-corrected chi connectivity index (χ0v) is 14.4. The molecular weight excluding hydrogens is 288 g/mol. The Balaban J connectivity index is 1.98. The molecule has 0 spiro atoms. The van der Waals surface area contributed by atoms with Crippen molar-refractivity contribution in [2.45, 2.75) is 43.2 Å². The van der Waals surface area contributed by atoms with Gasteiger partial charge >= 0.3 is 0 Å². The van der Waals surface area contributed by atoms with E-state index in [1.807, 2.05) is 11.3 Å². The molecule has 3 heteroatoms. The third-order valence-corrected chi connectivity index (χ3v) is 6.25. The Labute approximate surface area is 138 Å². The quantitative estimate of drug-likeness (QED) is 0.928. The molecule has 1 aromatic carbocycles. The summed E-state index contributed by atoms with van der Waals surface area (Å²) in [6.45, 7) is 0. The van der Waals surface area contributed by atoms with Crippen molar-refractivity contribution in [3.8, 4) is 0 Å². The highest BCUT2D eigenvalue weighted by molar-refractivity contribution is 7.10. The van der Waals surface area contributed by atoms with Crippen molar-refractivity contribution in [1.29, 1.82) is 0 Å². The summed E-state index contributed by atoms with van der Waals surface area (Å²) < 4.78 is 0. The highest BCUT2D eigenvalue weighted by atomic mass is 32.1. The number of hydrogen-bond donors (Lipinski definition) is 1. The maximum atomic E-state index is 6.33. The Morgan fingerprint density at radius 2 is 1.95 bits per heavy atom. The van der Waals surface area contributed by atoms with Crippen LogP contribution in [0.15, 0.2) is 47.8 Å². The molecule has 3 atom stereocenters. The SMILES string of the molecule is CN(C)C1(Cc2ccccc2)CCC(N)CC1c1cccs1. The zero-order valence-electron chi connectivity index (χ0n) is 13.5. The van der Waals surface area contributed by atoms with E-state index >= 15 is 0 Å². The van der Waals surface area contributed by atoms with Crippen molar-refractivity contribution >= 4 is 11.3 Å². The lowest BCUT2D eigenvalue weighted by Crippen LogP contribution is -2.55. The standard InChI is InChI=1S/C19H26N2S/c1-21(2)19(14-15-7-4-3-5-8-15)11-10-16(20)13-17(19)18-9-6-12-22-18/h3-9,12,16-17H,10-11,13-14,20H2,1-2H3. The van der Waals surface area contributed by atoms with Crippen LogP contribution in [0.3, 0.4) is 0 Å². The molecule has 118 valence electrons. The number of thiophene rings is 1. The van der Waals surface area contributed by atoms with Gasteiger partial charge in [-0.3, -0.25) is 0 Å². The van der Waals surface area contributed by atoms with Gasteiger partial charge in [0.05, 0.1) is 0 Å². The first-order chi connectivity index (χ1) is 10.6. The van der Waals surface area contributed by atoms with Gasteiger partial charge in [-0.1, -0.05) is 36.4 Å². The molecule has 1 aliphatic carbocycles. The largest absolute Gasteiger partial charge is 0.328 e. The lowest BCUT2D eigenvalue weighted by molar-refractivity contribution is 0.0692. The van der Waals surface area contributed by atoms with Crippen LogP contribution >= 0.6 is 11.3 Å². The van der Waals surface area contributed by atoms with E-state index in [2.05, 4.69) is 66.8 Å².